The zero-order chi connectivity index (χ0) is 14.6. The largest absolute Gasteiger partial charge is 0.394 e. The van der Waals surface area contributed by atoms with E-state index in [1.807, 2.05) is 0 Å². The Morgan fingerprint density at radius 1 is 1.47 bits per heavy atom. The molecular formula is C12H16F2N2O3. The van der Waals surface area contributed by atoms with Crippen LogP contribution >= 0.6 is 0 Å². The number of nitrogen functional groups attached to an aromatic ring is 1. The van der Waals surface area contributed by atoms with Crippen molar-refractivity contribution >= 4 is 11.6 Å². The van der Waals surface area contributed by atoms with Gasteiger partial charge in [-0.1, -0.05) is 0 Å². The van der Waals surface area contributed by atoms with Crippen LogP contribution in [0.15, 0.2) is 12.1 Å². The Kier molecular flexibility index (Phi) is 5.20. The fraction of sp³-hybridized carbons (Fsp3) is 0.417. The van der Waals surface area contributed by atoms with Gasteiger partial charge in [0.15, 0.2) is 0 Å². The van der Waals surface area contributed by atoms with E-state index in [4.69, 9.17) is 10.5 Å². The highest BCUT2D eigenvalue weighted by Gasteiger charge is 2.18. The van der Waals surface area contributed by atoms with E-state index in [-0.39, 0.29) is 18.7 Å². The number of hydrogen-bond acceptors (Lipinski definition) is 4. The summed E-state index contributed by atoms with van der Waals surface area (Å²) < 4.78 is 31.2. The fourth-order valence-electron chi connectivity index (χ4n) is 1.57. The summed E-state index contributed by atoms with van der Waals surface area (Å²) in [6, 6.07) is 1.72. The van der Waals surface area contributed by atoms with Gasteiger partial charge in [0.25, 0.3) is 5.91 Å². The van der Waals surface area contributed by atoms with Crippen LogP contribution in [0.1, 0.15) is 10.4 Å². The van der Waals surface area contributed by atoms with Crippen LogP contribution in [0.4, 0.5) is 14.5 Å². The van der Waals surface area contributed by atoms with Gasteiger partial charge in [0.2, 0.25) is 0 Å². The number of nitrogens with zero attached hydrogens (tertiary/aromatic N) is 1. The molecule has 0 fully saturated rings. The molecule has 0 radical (unpaired) electrons. The first-order chi connectivity index (χ1) is 8.86. The second-order valence-corrected chi connectivity index (χ2v) is 4.15. The lowest BCUT2D eigenvalue weighted by atomic mass is 10.1. The Bertz CT molecular complexity index is 445. The van der Waals surface area contributed by atoms with Crippen molar-refractivity contribution in [2.24, 2.45) is 0 Å². The molecule has 19 heavy (non-hydrogen) atoms. The Hall–Kier alpha value is -1.73. The van der Waals surface area contributed by atoms with Gasteiger partial charge in [0.05, 0.1) is 12.7 Å². The van der Waals surface area contributed by atoms with E-state index in [9.17, 15) is 18.7 Å². The van der Waals surface area contributed by atoms with Crippen LogP contribution in [0.3, 0.4) is 0 Å². The van der Waals surface area contributed by atoms with E-state index in [0.717, 1.165) is 17.0 Å². The molecule has 0 aliphatic heterocycles. The number of halogens is 2. The summed E-state index contributed by atoms with van der Waals surface area (Å²) in [5, 5.41) is 9.48. The maximum Gasteiger partial charge on any atom is 0.253 e. The van der Waals surface area contributed by atoms with Gasteiger partial charge in [-0.25, -0.2) is 8.78 Å². The first kappa shape index (κ1) is 15.3. The maximum atomic E-state index is 13.2. The SMILES string of the molecule is COCC(O)CN(C)C(=O)c1cc(F)c(N)c(F)c1. The molecule has 0 saturated carbocycles. The molecule has 3 N–H and O–H groups in total. The predicted molar refractivity (Wildman–Crippen MR) is 65.6 cm³/mol. The number of amides is 1. The summed E-state index contributed by atoms with van der Waals surface area (Å²) in [6.07, 6.45) is -0.873. The van der Waals surface area contributed by atoms with Gasteiger partial charge in [-0.05, 0) is 12.1 Å². The molecule has 1 amide bonds. The summed E-state index contributed by atoms with van der Waals surface area (Å²) in [6.45, 7) is 0.0440. The number of aliphatic hydroxyl groups excluding tert-OH is 1. The number of rotatable bonds is 5. The second kappa shape index (κ2) is 6.44. The lowest BCUT2D eigenvalue weighted by Gasteiger charge is -2.20. The van der Waals surface area contributed by atoms with Crippen molar-refractivity contribution in [2.45, 2.75) is 6.10 Å². The molecule has 106 valence electrons. The highest BCUT2D eigenvalue weighted by molar-refractivity contribution is 5.94. The van der Waals surface area contributed by atoms with E-state index < -0.39 is 29.3 Å². The lowest BCUT2D eigenvalue weighted by Crippen LogP contribution is -2.36. The lowest BCUT2D eigenvalue weighted by molar-refractivity contribution is 0.0380. The number of anilines is 1. The first-order valence-electron chi connectivity index (χ1n) is 5.53. The monoisotopic (exact) mass is 274 g/mol. The van der Waals surface area contributed by atoms with Crippen LogP contribution in [0, 0.1) is 11.6 Å². The minimum atomic E-state index is -0.991. The Balaban J connectivity index is 2.82. The average Bonchev–Trinajstić information content (AvgIpc) is 2.34. The number of nitrogens with two attached hydrogens (primary N) is 1. The number of hydrogen-bond donors (Lipinski definition) is 2. The molecule has 5 nitrogen and oxygen atoms in total. The normalized spacial score (nSPS) is 12.3. The summed E-state index contributed by atoms with van der Waals surface area (Å²) in [5.74, 6) is -2.60. The van der Waals surface area contributed by atoms with Crippen LogP contribution in [0.25, 0.3) is 0 Å². The number of aliphatic hydroxyl groups is 1. The number of benzene rings is 1. The van der Waals surface area contributed by atoms with Crippen LogP contribution in [-0.2, 0) is 4.74 Å². The predicted octanol–water partition coefficient (Wildman–Crippen LogP) is 0.626. The van der Waals surface area contributed by atoms with Crippen molar-refractivity contribution in [3.05, 3.63) is 29.3 Å². The van der Waals surface area contributed by atoms with Crippen molar-refractivity contribution in [2.75, 3.05) is 33.0 Å². The number of ether oxygens (including phenoxy) is 1. The molecule has 0 aliphatic rings. The van der Waals surface area contributed by atoms with Crippen molar-refractivity contribution in [1.29, 1.82) is 0 Å². The summed E-state index contributed by atoms with van der Waals surface area (Å²) >= 11 is 0. The summed E-state index contributed by atoms with van der Waals surface area (Å²) in [4.78, 5) is 13.0. The van der Waals surface area contributed by atoms with E-state index in [1.54, 1.807) is 0 Å². The zero-order valence-corrected chi connectivity index (χ0v) is 10.7. The maximum absolute atomic E-state index is 13.2. The second-order valence-electron chi connectivity index (χ2n) is 4.15. The van der Waals surface area contributed by atoms with Gasteiger partial charge in [-0.3, -0.25) is 4.79 Å². The quantitative estimate of drug-likeness (QED) is 0.772. The van der Waals surface area contributed by atoms with Crippen molar-refractivity contribution < 1.29 is 23.4 Å². The van der Waals surface area contributed by atoms with Gasteiger partial charge >= 0.3 is 0 Å². The van der Waals surface area contributed by atoms with E-state index in [1.165, 1.54) is 14.2 Å². The number of carbonyl (C=O) groups excluding carboxylic acids is 1. The van der Waals surface area contributed by atoms with Gasteiger partial charge in [-0.15, -0.1) is 0 Å². The van der Waals surface area contributed by atoms with Crippen molar-refractivity contribution in [1.82, 2.24) is 4.90 Å². The third-order valence-corrected chi connectivity index (χ3v) is 2.52. The Morgan fingerprint density at radius 3 is 2.47 bits per heavy atom. The highest BCUT2D eigenvalue weighted by Crippen LogP contribution is 2.18. The van der Waals surface area contributed by atoms with E-state index in [0.29, 0.717) is 0 Å². The van der Waals surface area contributed by atoms with Crippen molar-refractivity contribution in [3.8, 4) is 0 Å². The third kappa shape index (κ3) is 3.87. The molecule has 1 aromatic carbocycles. The van der Waals surface area contributed by atoms with Gasteiger partial charge in [0.1, 0.15) is 17.3 Å². The minimum Gasteiger partial charge on any atom is -0.394 e. The molecule has 0 aliphatic carbocycles. The van der Waals surface area contributed by atoms with Gasteiger partial charge in [-0.2, -0.15) is 0 Å². The Morgan fingerprint density at radius 2 is 2.00 bits per heavy atom. The van der Waals surface area contributed by atoms with Gasteiger partial charge < -0.3 is 20.5 Å². The molecule has 0 saturated heterocycles. The molecule has 0 spiro atoms. The number of likely N-dealkylation sites (N-methyl/N-ethyl adjacent to an activating group) is 1. The molecule has 1 atom stereocenters. The first-order valence-corrected chi connectivity index (χ1v) is 5.53. The van der Waals surface area contributed by atoms with Crippen LogP contribution in [0.2, 0.25) is 0 Å². The Labute approximate surface area is 109 Å². The molecule has 0 heterocycles. The average molecular weight is 274 g/mol. The minimum absolute atomic E-state index is 0.0136. The number of methoxy groups -OCH3 is 1. The molecule has 7 heteroatoms. The van der Waals surface area contributed by atoms with Gasteiger partial charge in [0, 0.05) is 26.3 Å². The van der Waals surface area contributed by atoms with Crippen molar-refractivity contribution in [3.63, 3.8) is 0 Å². The van der Waals surface area contributed by atoms with Crippen LogP contribution < -0.4 is 5.73 Å². The molecule has 1 unspecified atom stereocenters. The van der Waals surface area contributed by atoms with E-state index >= 15 is 0 Å². The molecule has 1 rings (SSSR count). The molecular weight excluding hydrogens is 258 g/mol. The summed E-state index contributed by atoms with van der Waals surface area (Å²) in [5.41, 5.74) is 4.32. The zero-order valence-electron chi connectivity index (χ0n) is 10.7. The smallest absolute Gasteiger partial charge is 0.253 e. The topological polar surface area (TPSA) is 75.8 Å². The van der Waals surface area contributed by atoms with E-state index in [2.05, 4.69) is 0 Å². The standard InChI is InChI=1S/C12H16F2N2O3/c1-16(5-8(17)6-19-2)12(18)7-3-9(13)11(15)10(14)4-7/h3-4,8,17H,5-6,15H2,1-2H3. The molecule has 0 bridgehead atoms. The highest BCUT2D eigenvalue weighted by atomic mass is 19.1. The number of carbonyl (C=O) groups is 1. The van der Waals surface area contributed by atoms with Crippen LogP contribution in [-0.4, -0.2) is 49.3 Å². The fourth-order valence-corrected chi connectivity index (χ4v) is 1.57. The molecule has 1 aromatic rings. The molecule has 0 aromatic heterocycles. The van der Waals surface area contributed by atoms with Crippen LogP contribution in [0.5, 0.6) is 0 Å². The summed E-state index contributed by atoms with van der Waals surface area (Å²) in [7, 11) is 2.82. The third-order valence-electron chi connectivity index (χ3n) is 2.52.